The summed E-state index contributed by atoms with van der Waals surface area (Å²) in [6, 6.07) is 9.49. The monoisotopic (exact) mass is 475 g/mol. The topological polar surface area (TPSA) is 29.1 Å². The Morgan fingerprint density at radius 3 is 1.84 bits per heavy atom. The second kappa shape index (κ2) is 11.0. The highest BCUT2D eigenvalue weighted by Gasteiger charge is 2.42. The van der Waals surface area contributed by atoms with Crippen LogP contribution in [0.3, 0.4) is 0 Å². The molecule has 0 radical (unpaired) electrons. The van der Waals surface area contributed by atoms with Crippen molar-refractivity contribution in [3.63, 3.8) is 0 Å². The summed E-state index contributed by atoms with van der Waals surface area (Å²) < 4.78 is 16.9. The first-order valence-electron chi connectivity index (χ1n) is 13.5. The van der Waals surface area contributed by atoms with E-state index in [-0.39, 0.29) is 18.2 Å². The summed E-state index contributed by atoms with van der Waals surface area (Å²) in [7, 11) is -1.21. The second-order valence-corrected chi connectivity index (χ2v) is 16.4. The van der Waals surface area contributed by atoms with Crippen LogP contribution in [0.4, 0.5) is 0 Å². The fourth-order valence-electron chi connectivity index (χ4n) is 6.43. The molecule has 0 heterocycles. The van der Waals surface area contributed by atoms with Crippen molar-refractivity contribution in [1.29, 1.82) is 0 Å². The average Bonchev–Trinajstić information content (AvgIpc) is 2.81. The van der Waals surface area contributed by atoms with E-state index in [1.54, 1.807) is 5.30 Å². The lowest BCUT2D eigenvalue weighted by atomic mass is 9.77. The molecular formula is C28H46NOPS. The molecule has 0 unspecified atom stereocenters. The predicted molar refractivity (Wildman–Crippen MR) is 143 cm³/mol. The molecule has 3 aliphatic rings. The summed E-state index contributed by atoms with van der Waals surface area (Å²) in [4.78, 5) is 0. The van der Waals surface area contributed by atoms with Gasteiger partial charge in [0, 0.05) is 0 Å². The van der Waals surface area contributed by atoms with Gasteiger partial charge in [-0.2, -0.15) is 0 Å². The summed E-state index contributed by atoms with van der Waals surface area (Å²) >= 11 is 0. The standard InChI is InChI=1S/C28H46NOPS/c1-27(2,3)32(30)29-28(21-13-6-14-22-28)25-19-11-12-20-26(25)31(23-15-7-4-8-16-23)24-17-9-5-10-18-24/h11-12,19-20,23-24,29H,4-10,13-18,21-22H2,1-3H3/t32-/m1/s1. The molecular weight excluding hydrogens is 429 g/mol. The number of benzene rings is 1. The third-order valence-electron chi connectivity index (χ3n) is 8.19. The van der Waals surface area contributed by atoms with Gasteiger partial charge in [-0.15, -0.1) is 0 Å². The Hall–Kier alpha value is -0.240. The molecule has 0 aliphatic heterocycles. The van der Waals surface area contributed by atoms with Crippen LogP contribution in [0.5, 0.6) is 0 Å². The van der Waals surface area contributed by atoms with Gasteiger partial charge in [0.15, 0.2) is 0 Å². The highest BCUT2D eigenvalue weighted by Crippen LogP contribution is 2.56. The summed E-state index contributed by atoms with van der Waals surface area (Å²) in [5.74, 6) is 0. The van der Waals surface area contributed by atoms with Gasteiger partial charge in [0.2, 0.25) is 0 Å². The first-order valence-corrected chi connectivity index (χ1v) is 16.1. The molecule has 0 saturated heterocycles. The van der Waals surface area contributed by atoms with Crippen LogP contribution in [0, 0.1) is 0 Å². The molecule has 1 atom stereocenters. The van der Waals surface area contributed by atoms with Crippen molar-refractivity contribution in [1.82, 2.24) is 4.72 Å². The molecule has 0 amide bonds. The maximum Gasteiger partial charge on any atom is 0.0978 e. The van der Waals surface area contributed by atoms with E-state index in [0.717, 1.165) is 24.2 Å². The molecule has 0 bridgehead atoms. The van der Waals surface area contributed by atoms with Crippen molar-refractivity contribution in [2.75, 3.05) is 0 Å². The van der Waals surface area contributed by atoms with E-state index in [1.165, 1.54) is 89.0 Å². The highest BCUT2D eigenvalue weighted by atomic mass is 32.2. The molecule has 32 heavy (non-hydrogen) atoms. The highest BCUT2D eigenvalue weighted by molar-refractivity contribution is 7.84. The van der Waals surface area contributed by atoms with Gasteiger partial charge < -0.3 is 0 Å². The Balaban J connectivity index is 1.75. The minimum atomic E-state index is -1.05. The van der Waals surface area contributed by atoms with Gasteiger partial charge in [-0.3, -0.25) is 0 Å². The van der Waals surface area contributed by atoms with E-state index in [2.05, 4.69) is 49.8 Å². The number of hydrogen-bond donors (Lipinski definition) is 1. The Morgan fingerprint density at radius 1 is 0.812 bits per heavy atom. The maximum absolute atomic E-state index is 13.4. The molecule has 1 aromatic carbocycles. The smallest absolute Gasteiger partial charge is 0.0978 e. The normalized spacial score (nSPS) is 24.5. The largest absolute Gasteiger partial charge is 0.242 e. The van der Waals surface area contributed by atoms with Crippen molar-refractivity contribution >= 4 is 24.2 Å². The molecule has 4 rings (SSSR count). The summed E-state index contributed by atoms with van der Waals surface area (Å²) in [6.07, 6.45) is 20.4. The van der Waals surface area contributed by atoms with Crippen LogP contribution in [0.25, 0.3) is 0 Å². The molecule has 3 fully saturated rings. The molecule has 3 saturated carbocycles. The van der Waals surface area contributed by atoms with Crippen LogP contribution in [0.15, 0.2) is 24.3 Å². The van der Waals surface area contributed by atoms with E-state index in [0.29, 0.717) is 0 Å². The minimum absolute atomic E-state index is 0.114. The molecule has 1 N–H and O–H groups in total. The van der Waals surface area contributed by atoms with E-state index in [9.17, 15) is 4.21 Å². The van der Waals surface area contributed by atoms with Crippen LogP contribution < -0.4 is 10.0 Å². The zero-order valence-corrected chi connectivity index (χ0v) is 22.5. The van der Waals surface area contributed by atoms with Crippen molar-refractivity contribution < 1.29 is 4.21 Å². The van der Waals surface area contributed by atoms with Crippen LogP contribution in [0.1, 0.15) is 123 Å². The average molecular weight is 476 g/mol. The van der Waals surface area contributed by atoms with Crippen LogP contribution in [-0.4, -0.2) is 20.3 Å². The molecule has 2 nitrogen and oxygen atoms in total. The van der Waals surface area contributed by atoms with Crippen molar-refractivity contribution in [3.05, 3.63) is 29.8 Å². The summed E-state index contributed by atoms with van der Waals surface area (Å²) in [5, 5.41) is 1.68. The Bertz CT molecular complexity index is 737. The van der Waals surface area contributed by atoms with Crippen LogP contribution >= 0.6 is 7.92 Å². The van der Waals surface area contributed by atoms with Gasteiger partial charge >= 0.3 is 0 Å². The van der Waals surface area contributed by atoms with Gasteiger partial charge in [0.1, 0.15) is 0 Å². The first-order chi connectivity index (χ1) is 15.4. The molecule has 3 aliphatic carbocycles. The van der Waals surface area contributed by atoms with Gasteiger partial charge in [-0.05, 0) is 81.5 Å². The van der Waals surface area contributed by atoms with E-state index in [4.69, 9.17) is 0 Å². The Kier molecular flexibility index (Phi) is 8.55. The lowest BCUT2D eigenvalue weighted by Crippen LogP contribution is -2.51. The zero-order chi connectivity index (χ0) is 22.6. The lowest BCUT2D eigenvalue weighted by Gasteiger charge is -2.45. The Morgan fingerprint density at radius 2 is 1.31 bits per heavy atom. The molecule has 0 aromatic heterocycles. The van der Waals surface area contributed by atoms with E-state index >= 15 is 0 Å². The molecule has 1 aromatic rings. The predicted octanol–water partition coefficient (Wildman–Crippen LogP) is 7.67. The van der Waals surface area contributed by atoms with Gasteiger partial charge in [0.25, 0.3) is 0 Å². The van der Waals surface area contributed by atoms with E-state index in [1.807, 2.05) is 0 Å². The third kappa shape index (κ3) is 5.69. The van der Waals surface area contributed by atoms with Gasteiger partial charge in [-0.1, -0.05) is 90.0 Å². The minimum Gasteiger partial charge on any atom is -0.242 e. The maximum atomic E-state index is 13.4. The Labute approximate surface area is 201 Å². The number of rotatable bonds is 6. The molecule has 180 valence electrons. The van der Waals surface area contributed by atoms with Gasteiger partial charge in [-0.25, -0.2) is 8.93 Å². The third-order valence-corrected chi connectivity index (χ3v) is 13.4. The fourth-order valence-corrected chi connectivity index (χ4v) is 11.5. The van der Waals surface area contributed by atoms with Crippen LogP contribution in [-0.2, 0) is 16.5 Å². The summed E-state index contributed by atoms with van der Waals surface area (Å²) in [5.41, 5.74) is 3.21. The van der Waals surface area contributed by atoms with Crippen molar-refractivity contribution in [3.8, 4) is 0 Å². The lowest BCUT2D eigenvalue weighted by molar-refractivity contribution is 0.277. The molecule has 4 heteroatoms. The SMILES string of the molecule is CC(C)(C)[S@@](=O)NC1(c2ccccc2P(C2CCCCC2)C2CCCCC2)CCCCC1. The number of nitrogens with one attached hydrogen (secondary N) is 1. The van der Waals surface area contributed by atoms with Gasteiger partial charge in [0.05, 0.1) is 21.3 Å². The first kappa shape index (κ1) is 24.9. The zero-order valence-electron chi connectivity index (χ0n) is 20.8. The van der Waals surface area contributed by atoms with E-state index < -0.39 is 11.0 Å². The second-order valence-electron chi connectivity index (χ2n) is 11.6. The fraction of sp³-hybridized carbons (Fsp3) is 0.786. The number of hydrogen-bond acceptors (Lipinski definition) is 1. The van der Waals surface area contributed by atoms with Crippen LogP contribution in [0.2, 0.25) is 0 Å². The quantitative estimate of drug-likeness (QED) is 0.420. The van der Waals surface area contributed by atoms with Crippen molar-refractivity contribution in [2.45, 2.75) is 139 Å². The molecule has 0 spiro atoms. The van der Waals surface area contributed by atoms with Crippen molar-refractivity contribution in [2.24, 2.45) is 0 Å². The summed E-state index contributed by atoms with van der Waals surface area (Å²) in [6.45, 7) is 6.32.